The summed E-state index contributed by atoms with van der Waals surface area (Å²) in [7, 11) is 0. The molecule has 2 aromatic rings. The van der Waals surface area contributed by atoms with Gasteiger partial charge in [0.15, 0.2) is 0 Å². The summed E-state index contributed by atoms with van der Waals surface area (Å²) in [5.74, 6) is 0. The smallest absolute Gasteiger partial charge is 0.0938 e. The second-order valence-corrected chi connectivity index (χ2v) is 4.63. The molecule has 0 fully saturated rings. The van der Waals surface area contributed by atoms with E-state index in [-0.39, 0.29) is 0 Å². The predicted molar refractivity (Wildman–Crippen MR) is 59.8 cm³/mol. The predicted octanol–water partition coefficient (Wildman–Crippen LogP) is 2.12. The zero-order valence-electron chi connectivity index (χ0n) is 8.42. The number of thiazole rings is 1. The van der Waals surface area contributed by atoms with Crippen LogP contribution in [0, 0.1) is 6.92 Å². The minimum absolute atomic E-state index is 0.472. The van der Waals surface area contributed by atoms with Crippen molar-refractivity contribution < 1.29 is 5.11 Å². The summed E-state index contributed by atoms with van der Waals surface area (Å²) in [5.41, 5.74) is 1.04. The highest BCUT2D eigenvalue weighted by Crippen LogP contribution is 2.23. The molecule has 0 spiro atoms. The number of aliphatic hydroxyl groups excluding tert-OH is 1. The Kier molecular flexibility index (Phi) is 3.08. The molecule has 0 aliphatic carbocycles. The number of aromatic nitrogens is 2. The number of hydrogen-bond acceptors (Lipinski definition) is 4. The Labute approximate surface area is 92.5 Å². The van der Waals surface area contributed by atoms with E-state index in [0.717, 1.165) is 15.4 Å². The van der Waals surface area contributed by atoms with Crippen LogP contribution in [0.2, 0.25) is 0 Å². The largest absolute Gasteiger partial charge is 0.387 e. The molecule has 4 heteroatoms. The lowest BCUT2D eigenvalue weighted by molar-refractivity contribution is 0.182. The fourth-order valence-corrected chi connectivity index (χ4v) is 2.15. The van der Waals surface area contributed by atoms with Crippen molar-refractivity contribution in [1.82, 2.24) is 9.97 Å². The highest BCUT2D eigenvalue weighted by molar-refractivity contribution is 7.11. The van der Waals surface area contributed by atoms with Crippen LogP contribution in [0.5, 0.6) is 0 Å². The third kappa shape index (κ3) is 2.61. The van der Waals surface area contributed by atoms with Crippen molar-refractivity contribution in [1.29, 1.82) is 0 Å². The van der Waals surface area contributed by atoms with Crippen molar-refractivity contribution in [2.24, 2.45) is 0 Å². The topological polar surface area (TPSA) is 46.0 Å². The number of hydrogen-bond donors (Lipinski definition) is 1. The second kappa shape index (κ2) is 4.51. The summed E-state index contributed by atoms with van der Waals surface area (Å²) in [6.45, 7) is 1.94. The Morgan fingerprint density at radius 2 is 2.33 bits per heavy atom. The molecule has 2 rings (SSSR count). The maximum atomic E-state index is 9.93. The van der Waals surface area contributed by atoms with E-state index in [1.54, 1.807) is 18.6 Å². The highest BCUT2D eigenvalue weighted by atomic mass is 32.1. The van der Waals surface area contributed by atoms with Crippen LogP contribution in [-0.4, -0.2) is 15.1 Å². The fourth-order valence-electron chi connectivity index (χ4n) is 1.37. The van der Waals surface area contributed by atoms with Gasteiger partial charge in [0.25, 0.3) is 0 Å². The van der Waals surface area contributed by atoms with Crippen molar-refractivity contribution >= 4 is 11.3 Å². The van der Waals surface area contributed by atoms with Crippen LogP contribution in [0.15, 0.2) is 30.7 Å². The van der Waals surface area contributed by atoms with Crippen molar-refractivity contribution in [2.45, 2.75) is 19.4 Å². The first-order chi connectivity index (χ1) is 7.25. The van der Waals surface area contributed by atoms with Gasteiger partial charge in [-0.25, -0.2) is 4.98 Å². The molecule has 3 nitrogen and oxygen atoms in total. The lowest BCUT2D eigenvalue weighted by atomic mass is 10.1. The molecule has 0 aliphatic heterocycles. The molecule has 0 saturated carbocycles. The molecule has 1 unspecified atom stereocenters. The summed E-state index contributed by atoms with van der Waals surface area (Å²) in [6, 6.07) is 3.84. The zero-order valence-corrected chi connectivity index (χ0v) is 9.24. The fraction of sp³-hybridized carbons (Fsp3) is 0.273. The number of rotatable bonds is 3. The molecule has 2 heterocycles. The average molecular weight is 220 g/mol. The van der Waals surface area contributed by atoms with E-state index in [2.05, 4.69) is 9.97 Å². The second-order valence-electron chi connectivity index (χ2n) is 3.36. The summed E-state index contributed by atoms with van der Waals surface area (Å²) in [4.78, 5) is 9.05. The summed E-state index contributed by atoms with van der Waals surface area (Å²) < 4.78 is 0. The monoisotopic (exact) mass is 220 g/mol. The molecule has 0 bridgehead atoms. The standard InChI is InChI=1S/C11H12N2OS/c1-8-13-7-11(15-8)10(14)5-9-3-2-4-12-6-9/h2-4,6-7,10,14H,5H2,1H3. The van der Waals surface area contributed by atoms with Gasteiger partial charge in [0.05, 0.1) is 16.0 Å². The van der Waals surface area contributed by atoms with Gasteiger partial charge in [-0.05, 0) is 18.6 Å². The molecule has 1 N–H and O–H groups in total. The molecule has 0 saturated heterocycles. The van der Waals surface area contributed by atoms with Crippen LogP contribution in [0.3, 0.4) is 0 Å². The molecular weight excluding hydrogens is 208 g/mol. The van der Waals surface area contributed by atoms with Crippen molar-refractivity contribution in [3.8, 4) is 0 Å². The van der Waals surface area contributed by atoms with Crippen molar-refractivity contribution in [3.63, 3.8) is 0 Å². The number of nitrogens with zero attached hydrogens (tertiary/aromatic N) is 2. The van der Waals surface area contributed by atoms with Gasteiger partial charge in [-0.15, -0.1) is 11.3 Å². The Morgan fingerprint density at radius 3 is 2.93 bits per heavy atom. The van der Waals surface area contributed by atoms with Crippen LogP contribution in [0.1, 0.15) is 21.6 Å². The van der Waals surface area contributed by atoms with E-state index in [0.29, 0.717) is 6.42 Å². The van der Waals surface area contributed by atoms with Crippen molar-refractivity contribution in [2.75, 3.05) is 0 Å². The van der Waals surface area contributed by atoms with E-state index >= 15 is 0 Å². The number of aryl methyl sites for hydroxylation is 1. The molecule has 0 aromatic carbocycles. The Morgan fingerprint density at radius 1 is 1.47 bits per heavy atom. The van der Waals surface area contributed by atoms with Crippen LogP contribution >= 0.6 is 11.3 Å². The maximum Gasteiger partial charge on any atom is 0.0938 e. The number of aliphatic hydroxyl groups is 1. The first-order valence-corrected chi connectivity index (χ1v) is 5.56. The Balaban J connectivity index is 2.07. The third-order valence-electron chi connectivity index (χ3n) is 2.12. The minimum Gasteiger partial charge on any atom is -0.387 e. The minimum atomic E-state index is -0.472. The SMILES string of the molecule is Cc1ncc(C(O)Cc2cccnc2)s1. The first-order valence-electron chi connectivity index (χ1n) is 4.75. The van der Waals surface area contributed by atoms with Crippen LogP contribution < -0.4 is 0 Å². The van der Waals surface area contributed by atoms with Gasteiger partial charge < -0.3 is 5.11 Å². The van der Waals surface area contributed by atoms with E-state index in [9.17, 15) is 5.11 Å². The maximum absolute atomic E-state index is 9.93. The zero-order chi connectivity index (χ0) is 10.7. The van der Waals surface area contributed by atoms with E-state index in [1.807, 2.05) is 19.1 Å². The molecule has 15 heavy (non-hydrogen) atoms. The molecular formula is C11H12N2OS. The molecule has 2 aromatic heterocycles. The third-order valence-corrected chi connectivity index (χ3v) is 3.13. The van der Waals surface area contributed by atoms with Gasteiger partial charge in [0, 0.05) is 25.0 Å². The summed E-state index contributed by atoms with van der Waals surface area (Å²) in [6.07, 6.45) is 5.36. The lowest BCUT2D eigenvalue weighted by Gasteiger charge is -2.06. The molecule has 78 valence electrons. The van der Waals surface area contributed by atoms with E-state index < -0.39 is 6.10 Å². The number of pyridine rings is 1. The highest BCUT2D eigenvalue weighted by Gasteiger charge is 2.11. The Bertz CT molecular complexity index is 427. The van der Waals surface area contributed by atoms with Gasteiger partial charge in [0.1, 0.15) is 0 Å². The molecule has 1 atom stereocenters. The van der Waals surface area contributed by atoms with Gasteiger partial charge in [-0.2, -0.15) is 0 Å². The summed E-state index contributed by atoms with van der Waals surface area (Å²) in [5, 5.41) is 10.9. The van der Waals surface area contributed by atoms with Gasteiger partial charge in [-0.3, -0.25) is 4.98 Å². The molecule has 0 radical (unpaired) electrons. The normalized spacial score (nSPS) is 12.7. The van der Waals surface area contributed by atoms with Crippen LogP contribution in [0.4, 0.5) is 0 Å². The lowest BCUT2D eigenvalue weighted by Crippen LogP contribution is -1.99. The van der Waals surface area contributed by atoms with Crippen molar-refractivity contribution in [3.05, 3.63) is 46.2 Å². The Hall–Kier alpha value is -1.26. The first kappa shape index (κ1) is 10.3. The quantitative estimate of drug-likeness (QED) is 0.861. The average Bonchev–Trinajstić information content (AvgIpc) is 2.66. The molecule has 0 aliphatic rings. The van der Waals surface area contributed by atoms with Gasteiger partial charge in [-0.1, -0.05) is 6.07 Å². The molecule has 0 amide bonds. The van der Waals surface area contributed by atoms with Gasteiger partial charge in [0.2, 0.25) is 0 Å². The summed E-state index contributed by atoms with van der Waals surface area (Å²) >= 11 is 1.53. The van der Waals surface area contributed by atoms with Crippen LogP contribution in [-0.2, 0) is 6.42 Å². The van der Waals surface area contributed by atoms with E-state index in [4.69, 9.17) is 0 Å². The van der Waals surface area contributed by atoms with E-state index in [1.165, 1.54) is 11.3 Å². The van der Waals surface area contributed by atoms with Gasteiger partial charge >= 0.3 is 0 Å². The van der Waals surface area contributed by atoms with Crippen LogP contribution in [0.25, 0.3) is 0 Å².